The number of rotatable bonds is 3. The highest BCUT2D eigenvalue weighted by Gasteiger charge is 2.25. The molecule has 1 aliphatic heterocycles. The van der Waals surface area contributed by atoms with Crippen molar-refractivity contribution in [3.63, 3.8) is 0 Å². The summed E-state index contributed by atoms with van der Waals surface area (Å²) in [6.45, 7) is 4.56. The molecule has 0 fully saturated rings. The van der Waals surface area contributed by atoms with E-state index in [2.05, 4.69) is 29.2 Å². The quantitative estimate of drug-likeness (QED) is 0.918. The van der Waals surface area contributed by atoms with E-state index in [9.17, 15) is 0 Å². The molecule has 1 aromatic carbocycles. The molecule has 100 valence electrons. The Kier molecular flexibility index (Phi) is 3.40. The van der Waals surface area contributed by atoms with Gasteiger partial charge in [0.05, 0.1) is 6.04 Å². The van der Waals surface area contributed by atoms with Crippen molar-refractivity contribution >= 4 is 0 Å². The lowest BCUT2D eigenvalue weighted by Gasteiger charge is -2.34. The molecule has 0 bridgehead atoms. The van der Waals surface area contributed by atoms with Crippen LogP contribution in [0.1, 0.15) is 28.7 Å². The largest absolute Gasteiger partial charge is 0.465 e. The fraction of sp³-hybridized carbons (Fsp3) is 0.375. The molecule has 1 unspecified atom stereocenters. The smallest absolute Gasteiger partial charge is 0.122 e. The molecule has 2 aromatic rings. The van der Waals surface area contributed by atoms with Gasteiger partial charge in [-0.15, -0.1) is 0 Å². The highest BCUT2D eigenvalue weighted by molar-refractivity contribution is 5.29. The van der Waals surface area contributed by atoms with E-state index >= 15 is 0 Å². The number of hydrogen-bond donors (Lipinski definition) is 1. The molecular formula is C16H20N2O. The maximum absolute atomic E-state index is 5.96. The van der Waals surface area contributed by atoms with E-state index in [4.69, 9.17) is 10.2 Å². The third kappa shape index (κ3) is 2.44. The fourth-order valence-corrected chi connectivity index (χ4v) is 2.86. The first-order valence-corrected chi connectivity index (χ1v) is 6.85. The van der Waals surface area contributed by atoms with Crippen LogP contribution in [-0.2, 0) is 13.0 Å². The molecule has 3 nitrogen and oxygen atoms in total. The second-order valence-corrected chi connectivity index (χ2v) is 5.19. The Morgan fingerprint density at radius 2 is 2.00 bits per heavy atom. The molecule has 0 saturated carbocycles. The zero-order chi connectivity index (χ0) is 13.2. The van der Waals surface area contributed by atoms with Crippen LogP contribution in [-0.4, -0.2) is 18.0 Å². The second-order valence-electron chi connectivity index (χ2n) is 5.19. The van der Waals surface area contributed by atoms with Crippen LogP contribution >= 0.6 is 0 Å². The van der Waals surface area contributed by atoms with Gasteiger partial charge in [0.15, 0.2) is 0 Å². The molecule has 1 atom stereocenters. The van der Waals surface area contributed by atoms with Crippen molar-refractivity contribution in [2.24, 2.45) is 5.73 Å². The predicted octanol–water partition coefficient (Wildman–Crippen LogP) is 2.65. The van der Waals surface area contributed by atoms with E-state index in [1.54, 1.807) is 0 Å². The Bertz CT molecular complexity index is 561. The van der Waals surface area contributed by atoms with Gasteiger partial charge < -0.3 is 10.2 Å². The minimum atomic E-state index is 0.182. The summed E-state index contributed by atoms with van der Waals surface area (Å²) in [5, 5.41) is 0. The predicted molar refractivity (Wildman–Crippen MR) is 75.8 cm³/mol. The maximum Gasteiger partial charge on any atom is 0.122 e. The first kappa shape index (κ1) is 12.5. The molecule has 1 aliphatic rings. The third-order valence-corrected chi connectivity index (χ3v) is 3.91. The van der Waals surface area contributed by atoms with Crippen molar-refractivity contribution in [2.75, 3.05) is 13.1 Å². The summed E-state index contributed by atoms with van der Waals surface area (Å²) in [5.74, 6) is 1.94. The summed E-state index contributed by atoms with van der Waals surface area (Å²) >= 11 is 0. The lowest BCUT2D eigenvalue weighted by molar-refractivity contribution is 0.162. The van der Waals surface area contributed by atoms with Crippen LogP contribution < -0.4 is 5.73 Å². The van der Waals surface area contributed by atoms with Crippen molar-refractivity contribution in [1.82, 2.24) is 4.90 Å². The topological polar surface area (TPSA) is 42.4 Å². The summed E-state index contributed by atoms with van der Waals surface area (Å²) in [4.78, 5) is 2.42. The molecule has 3 rings (SSSR count). The van der Waals surface area contributed by atoms with E-state index in [0.717, 1.165) is 31.0 Å². The Labute approximate surface area is 114 Å². The normalized spacial score (nSPS) is 17.2. The molecule has 0 amide bonds. The molecule has 3 heteroatoms. The zero-order valence-electron chi connectivity index (χ0n) is 11.3. The van der Waals surface area contributed by atoms with Gasteiger partial charge in [-0.05, 0) is 36.6 Å². The number of aryl methyl sites for hydroxylation is 1. The number of fused-ring (bicyclic) bond motifs is 1. The first-order chi connectivity index (χ1) is 9.28. The molecule has 0 aliphatic carbocycles. The van der Waals surface area contributed by atoms with Gasteiger partial charge in [-0.3, -0.25) is 4.90 Å². The van der Waals surface area contributed by atoms with Crippen molar-refractivity contribution < 1.29 is 4.42 Å². The molecular weight excluding hydrogens is 236 g/mol. The van der Waals surface area contributed by atoms with Crippen molar-refractivity contribution in [1.29, 1.82) is 0 Å². The van der Waals surface area contributed by atoms with E-state index in [-0.39, 0.29) is 6.04 Å². The Morgan fingerprint density at radius 3 is 2.68 bits per heavy atom. The highest BCUT2D eigenvalue weighted by Crippen LogP contribution is 2.28. The Hall–Kier alpha value is -1.58. The van der Waals surface area contributed by atoms with Crippen LogP contribution in [0.4, 0.5) is 0 Å². The van der Waals surface area contributed by atoms with Crippen molar-refractivity contribution in [3.8, 4) is 0 Å². The van der Waals surface area contributed by atoms with E-state index in [0.29, 0.717) is 6.54 Å². The van der Waals surface area contributed by atoms with Gasteiger partial charge in [-0.1, -0.05) is 24.3 Å². The summed E-state index contributed by atoms with van der Waals surface area (Å²) in [5.41, 5.74) is 8.84. The van der Waals surface area contributed by atoms with Gasteiger partial charge in [-0.2, -0.15) is 0 Å². The van der Waals surface area contributed by atoms with Gasteiger partial charge in [0.2, 0.25) is 0 Å². The average Bonchev–Trinajstić information content (AvgIpc) is 2.86. The minimum absolute atomic E-state index is 0.182. The number of nitrogens with zero attached hydrogens (tertiary/aromatic N) is 1. The lowest BCUT2D eigenvalue weighted by Crippen LogP contribution is -2.37. The monoisotopic (exact) mass is 256 g/mol. The summed E-state index contributed by atoms with van der Waals surface area (Å²) in [6.07, 6.45) is 1.09. The van der Waals surface area contributed by atoms with Crippen LogP contribution in [0, 0.1) is 6.92 Å². The lowest BCUT2D eigenvalue weighted by atomic mass is 9.98. The highest BCUT2D eigenvalue weighted by atomic mass is 16.3. The molecule has 2 N–H and O–H groups in total. The number of benzene rings is 1. The van der Waals surface area contributed by atoms with Crippen LogP contribution in [0.2, 0.25) is 0 Å². The number of nitrogens with two attached hydrogens (primary N) is 1. The van der Waals surface area contributed by atoms with Crippen LogP contribution in [0.25, 0.3) is 0 Å². The summed E-state index contributed by atoms with van der Waals surface area (Å²) < 4.78 is 5.76. The van der Waals surface area contributed by atoms with Crippen LogP contribution in [0.15, 0.2) is 40.8 Å². The van der Waals surface area contributed by atoms with E-state index in [1.807, 2.05) is 19.1 Å². The van der Waals surface area contributed by atoms with Gasteiger partial charge >= 0.3 is 0 Å². The Morgan fingerprint density at radius 1 is 1.21 bits per heavy atom. The fourth-order valence-electron chi connectivity index (χ4n) is 2.86. The van der Waals surface area contributed by atoms with Gasteiger partial charge in [-0.25, -0.2) is 0 Å². The summed E-state index contributed by atoms with van der Waals surface area (Å²) in [6, 6.07) is 12.9. The molecule has 0 spiro atoms. The number of furan rings is 1. The van der Waals surface area contributed by atoms with Crippen LogP contribution in [0.3, 0.4) is 0 Å². The minimum Gasteiger partial charge on any atom is -0.465 e. The molecule has 2 heterocycles. The van der Waals surface area contributed by atoms with E-state index in [1.165, 1.54) is 11.1 Å². The Balaban J connectivity index is 1.83. The van der Waals surface area contributed by atoms with E-state index < -0.39 is 0 Å². The van der Waals surface area contributed by atoms with Gasteiger partial charge in [0, 0.05) is 19.6 Å². The maximum atomic E-state index is 5.96. The summed E-state index contributed by atoms with van der Waals surface area (Å²) in [7, 11) is 0. The molecule has 0 radical (unpaired) electrons. The molecule has 19 heavy (non-hydrogen) atoms. The standard InChI is InChI=1S/C16H20N2O/c1-12-6-7-16(19-12)15(10-17)18-9-8-13-4-2-3-5-14(13)11-18/h2-7,15H,8-11,17H2,1H3. The molecule has 1 aromatic heterocycles. The third-order valence-electron chi connectivity index (χ3n) is 3.91. The van der Waals surface area contributed by atoms with Gasteiger partial charge in [0.25, 0.3) is 0 Å². The SMILES string of the molecule is Cc1ccc(C(CN)N2CCc3ccccc3C2)o1. The number of hydrogen-bond acceptors (Lipinski definition) is 3. The molecule has 0 saturated heterocycles. The van der Waals surface area contributed by atoms with Crippen molar-refractivity contribution in [3.05, 3.63) is 59.0 Å². The second kappa shape index (κ2) is 5.19. The zero-order valence-corrected chi connectivity index (χ0v) is 11.3. The first-order valence-electron chi connectivity index (χ1n) is 6.85. The van der Waals surface area contributed by atoms with Crippen LogP contribution in [0.5, 0.6) is 0 Å². The van der Waals surface area contributed by atoms with Gasteiger partial charge in [0.1, 0.15) is 11.5 Å². The van der Waals surface area contributed by atoms with Crippen molar-refractivity contribution in [2.45, 2.75) is 25.9 Å². The average molecular weight is 256 g/mol.